The zero-order chi connectivity index (χ0) is 16.9. The topological polar surface area (TPSA) is 80.7 Å². The maximum absolute atomic E-state index is 10.6. The van der Waals surface area contributed by atoms with E-state index in [1.807, 2.05) is 18.2 Å². The summed E-state index contributed by atoms with van der Waals surface area (Å²) in [5, 5.41) is 10.5. The lowest BCUT2D eigenvalue weighted by molar-refractivity contribution is -0.192. The molecule has 2 fully saturated rings. The third kappa shape index (κ3) is 5.07. The number of aliphatic carboxylic acids is 1. The van der Waals surface area contributed by atoms with Gasteiger partial charge >= 0.3 is 12.1 Å². The number of aromatic nitrogens is 1. The number of hydrogen-bond donors (Lipinski definition) is 2. The summed E-state index contributed by atoms with van der Waals surface area (Å²) in [5.41, 5.74) is 0.0272. The first-order chi connectivity index (χ1) is 10.8. The van der Waals surface area contributed by atoms with Crippen LogP contribution in [-0.4, -0.2) is 53.6 Å². The van der Waals surface area contributed by atoms with Crippen LogP contribution in [0.3, 0.4) is 0 Å². The Kier molecular flexibility index (Phi) is 5.42. The van der Waals surface area contributed by atoms with E-state index in [0.717, 1.165) is 25.9 Å². The molecule has 0 bridgehead atoms. The van der Waals surface area contributed by atoms with Gasteiger partial charge in [-0.1, -0.05) is 6.07 Å². The average Bonchev–Trinajstić information content (AvgIpc) is 3.10. The quantitative estimate of drug-likeness (QED) is 0.855. The fourth-order valence-electron chi connectivity index (χ4n) is 2.48. The summed E-state index contributed by atoms with van der Waals surface area (Å²) in [4.78, 5) is 13.1. The molecule has 6 nitrogen and oxygen atoms in total. The lowest BCUT2D eigenvalue weighted by Crippen LogP contribution is -2.31. The van der Waals surface area contributed by atoms with E-state index in [-0.39, 0.29) is 11.7 Å². The summed E-state index contributed by atoms with van der Waals surface area (Å²) in [6, 6.07) is 5.71. The first-order valence-electron chi connectivity index (χ1n) is 7.03. The highest BCUT2D eigenvalue weighted by molar-refractivity contribution is 5.73. The minimum Gasteiger partial charge on any atom is -0.475 e. The van der Waals surface area contributed by atoms with Gasteiger partial charge in [0.25, 0.3) is 0 Å². The van der Waals surface area contributed by atoms with E-state index in [1.54, 1.807) is 6.20 Å². The Bertz CT molecular complexity index is 519. The van der Waals surface area contributed by atoms with E-state index in [0.29, 0.717) is 12.5 Å². The molecule has 9 heteroatoms. The Hall–Kier alpha value is -1.87. The molecule has 0 aliphatic carbocycles. The molecule has 0 radical (unpaired) electrons. The molecule has 2 atom stereocenters. The number of ether oxygens (including phenoxy) is 2. The van der Waals surface area contributed by atoms with Gasteiger partial charge in [0.1, 0.15) is 6.10 Å². The first-order valence-corrected chi connectivity index (χ1v) is 7.03. The SMILES string of the molecule is O=C(O)C(F)(F)F.c1ccc(O[C@@H]2CO[C@@]3(CCNC3)C2)nc1. The van der Waals surface area contributed by atoms with Gasteiger partial charge in [-0.2, -0.15) is 13.2 Å². The molecule has 3 heterocycles. The standard InChI is InChI=1S/C12H16N2O2.C2HF3O2/c1-2-5-14-11(3-1)16-10-7-12(15-8-10)4-6-13-9-12;3-2(4,5)1(6)7/h1-3,5,10,13H,4,6-9H2;(H,6,7)/t10-,12-;/m0./s1. The van der Waals surface area contributed by atoms with Gasteiger partial charge in [-0.15, -0.1) is 0 Å². The van der Waals surface area contributed by atoms with Crippen LogP contribution in [0.1, 0.15) is 12.8 Å². The van der Waals surface area contributed by atoms with Gasteiger partial charge in [-0.25, -0.2) is 9.78 Å². The molecular formula is C14H17F3N2O4. The smallest absolute Gasteiger partial charge is 0.475 e. The number of carboxylic acids is 1. The van der Waals surface area contributed by atoms with Crippen LogP contribution in [0, 0.1) is 0 Å². The van der Waals surface area contributed by atoms with Gasteiger partial charge < -0.3 is 19.9 Å². The van der Waals surface area contributed by atoms with Gasteiger partial charge in [-0.05, 0) is 19.0 Å². The second-order valence-electron chi connectivity index (χ2n) is 5.34. The molecule has 2 aliphatic rings. The van der Waals surface area contributed by atoms with Crippen molar-refractivity contribution in [1.82, 2.24) is 10.3 Å². The lowest BCUT2D eigenvalue weighted by atomic mass is 9.98. The van der Waals surface area contributed by atoms with Crippen molar-refractivity contribution in [2.45, 2.75) is 30.7 Å². The summed E-state index contributed by atoms with van der Waals surface area (Å²) in [5.74, 6) is -2.06. The molecule has 0 saturated carbocycles. The van der Waals surface area contributed by atoms with Crippen molar-refractivity contribution in [2.24, 2.45) is 0 Å². The Balaban J connectivity index is 0.000000236. The van der Waals surface area contributed by atoms with E-state index in [4.69, 9.17) is 19.4 Å². The van der Waals surface area contributed by atoms with Crippen molar-refractivity contribution in [3.05, 3.63) is 24.4 Å². The van der Waals surface area contributed by atoms with Crippen LogP contribution in [0.2, 0.25) is 0 Å². The summed E-state index contributed by atoms with van der Waals surface area (Å²) < 4.78 is 43.4. The Morgan fingerprint density at radius 2 is 2.22 bits per heavy atom. The summed E-state index contributed by atoms with van der Waals surface area (Å²) >= 11 is 0. The molecule has 2 N–H and O–H groups in total. The van der Waals surface area contributed by atoms with Crippen molar-refractivity contribution in [1.29, 1.82) is 0 Å². The van der Waals surface area contributed by atoms with Crippen LogP contribution in [0.5, 0.6) is 5.88 Å². The number of nitrogens with zero attached hydrogens (tertiary/aromatic N) is 1. The van der Waals surface area contributed by atoms with Crippen LogP contribution in [-0.2, 0) is 9.53 Å². The van der Waals surface area contributed by atoms with Crippen LogP contribution in [0.15, 0.2) is 24.4 Å². The monoisotopic (exact) mass is 334 g/mol. The Labute approximate surface area is 130 Å². The molecule has 1 aromatic heterocycles. The molecule has 3 rings (SSSR count). The highest BCUT2D eigenvalue weighted by Crippen LogP contribution is 2.33. The number of carboxylic acid groups (broad SMARTS) is 1. The maximum atomic E-state index is 10.6. The van der Waals surface area contributed by atoms with Gasteiger partial charge in [0, 0.05) is 25.2 Å². The third-order valence-electron chi connectivity index (χ3n) is 3.55. The van der Waals surface area contributed by atoms with E-state index in [2.05, 4.69) is 10.3 Å². The highest BCUT2D eigenvalue weighted by atomic mass is 19.4. The second kappa shape index (κ2) is 7.14. The summed E-state index contributed by atoms with van der Waals surface area (Å²) in [6.45, 7) is 2.68. The van der Waals surface area contributed by atoms with E-state index >= 15 is 0 Å². The molecule has 128 valence electrons. The zero-order valence-corrected chi connectivity index (χ0v) is 12.2. The fraction of sp³-hybridized carbons (Fsp3) is 0.571. The van der Waals surface area contributed by atoms with Crippen molar-refractivity contribution in [3.63, 3.8) is 0 Å². The second-order valence-corrected chi connectivity index (χ2v) is 5.34. The normalized spacial score (nSPS) is 26.7. The van der Waals surface area contributed by atoms with E-state index in [9.17, 15) is 13.2 Å². The molecule has 1 spiro atoms. The van der Waals surface area contributed by atoms with Crippen LogP contribution < -0.4 is 10.1 Å². The largest absolute Gasteiger partial charge is 0.490 e. The number of rotatable bonds is 2. The molecule has 23 heavy (non-hydrogen) atoms. The fourth-order valence-corrected chi connectivity index (χ4v) is 2.48. The van der Waals surface area contributed by atoms with Gasteiger partial charge in [0.15, 0.2) is 0 Å². The van der Waals surface area contributed by atoms with Crippen molar-refractivity contribution in [2.75, 3.05) is 19.7 Å². The molecule has 0 unspecified atom stereocenters. The van der Waals surface area contributed by atoms with Gasteiger partial charge in [0.05, 0.1) is 12.2 Å². The maximum Gasteiger partial charge on any atom is 0.490 e. The minimum absolute atomic E-state index is 0.0272. The Morgan fingerprint density at radius 1 is 1.48 bits per heavy atom. The molecular weight excluding hydrogens is 317 g/mol. The van der Waals surface area contributed by atoms with Crippen LogP contribution in [0.25, 0.3) is 0 Å². The summed E-state index contributed by atoms with van der Waals surface area (Å²) in [6.07, 6.45) is -1.13. The third-order valence-corrected chi connectivity index (χ3v) is 3.55. The van der Waals surface area contributed by atoms with Crippen molar-refractivity contribution in [3.8, 4) is 5.88 Å². The number of nitrogens with one attached hydrogen (secondary N) is 1. The Morgan fingerprint density at radius 3 is 2.74 bits per heavy atom. The highest BCUT2D eigenvalue weighted by Gasteiger charge is 2.43. The number of alkyl halides is 3. The van der Waals surface area contributed by atoms with E-state index in [1.165, 1.54) is 0 Å². The molecule has 0 aromatic carbocycles. The van der Waals surface area contributed by atoms with Gasteiger partial charge in [0.2, 0.25) is 5.88 Å². The van der Waals surface area contributed by atoms with Crippen LogP contribution in [0.4, 0.5) is 13.2 Å². The molecule has 2 aliphatic heterocycles. The zero-order valence-electron chi connectivity index (χ0n) is 12.2. The average molecular weight is 334 g/mol. The lowest BCUT2D eigenvalue weighted by Gasteiger charge is -2.20. The molecule has 0 amide bonds. The molecule has 2 saturated heterocycles. The minimum atomic E-state index is -5.08. The number of halogens is 3. The number of hydrogen-bond acceptors (Lipinski definition) is 5. The predicted molar refractivity (Wildman–Crippen MR) is 73.1 cm³/mol. The first kappa shape index (κ1) is 17.5. The van der Waals surface area contributed by atoms with Crippen molar-refractivity contribution >= 4 is 5.97 Å². The van der Waals surface area contributed by atoms with Gasteiger partial charge in [-0.3, -0.25) is 0 Å². The van der Waals surface area contributed by atoms with Crippen LogP contribution >= 0.6 is 0 Å². The molecule has 1 aromatic rings. The number of carbonyl (C=O) groups is 1. The summed E-state index contributed by atoms with van der Waals surface area (Å²) in [7, 11) is 0. The number of pyridine rings is 1. The van der Waals surface area contributed by atoms with E-state index < -0.39 is 12.1 Å². The van der Waals surface area contributed by atoms with Crippen molar-refractivity contribution < 1.29 is 32.5 Å². The predicted octanol–water partition coefficient (Wildman–Crippen LogP) is 1.61.